The first kappa shape index (κ1) is 17.1. The number of urea groups is 1. The van der Waals surface area contributed by atoms with E-state index in [1.54, 1.807) is 11.5 Å². The highest BCUT2D eigenvalue weighted by Crippen LogP contribution is 2.43. The Labute approximate surface area is 168 Å². The quantitative estimate of drug-likeness (QED) is 0.816. The molecule has 0 atom stereocenters. The van der Waals surface area contributed by atoms with Crippen molar-refractivity contribution < 1.29 is 9.59 Å². The Bertz CT molecular complexity index is 816. The predicted octanol–water partition coefficient (Wildman–Crippen LogP) is 1.01. The third-order valence-electron chi connectivity index (χ3n) is 7.38. The second-order valence-corrected chi connectivity index (χ2v) is 10.5. The van der Waals surface area contributed by atoms with Gasteiger partial charge in [-0.25, -0.2) is 4.79 Å². The van der Waals surface area contributed by atoms with Gasteiger partial charge < -0.3 is 15.1 Å². The minimum absolute atomic E-state index is 0.122. The maximum Gasteiger partial charge on any atom is 0.320 e. The van der Waals surface area contributed by atoms with Crippen LogP contribution in [0.1, 0.15) is 48.6 Å². The van der Waals surface area contributed by atoms with E-state index >= 15 is 0 Å². The van der Waals surface area contributed by atoms with Crippen molar-refractivity contribution in [1.82, 2.24) is 29.6 Å². The molecule has 6 rings (SSSR count). The van der Waals surface area contributed by atoms with Gasteiger partial charge in [-0.3, -0.25) is 9.69 Å². The van der Waals surface area contributed by atoms with E-state index in [1.807, 2.05) is 9.80 Å². The summed E-state index contributed by atoms with van der Waals surface area (Å²) >= 11 is 1.56. The largest absolute Gasteiger partial charge is 0.347 e. The number of aromatic nitrogens is 2. The van der Waals surface area contributed by atoms with Crippen LogP contribution in [0.25, 0.3) is 0 Å². The Morgan fingerprint density at radius 1 is 1.14 bits per heavy atom. The number of hydrogen-bond acceptors (Lipinski definition) is 6. The number of amides is 3. The molecule has 28 heavy (non-hydrogen) atoms. The summed E-state index contributed by atoms with van der Waals surface area (Å²) < 4.78 is 4.19. The van der Waals surface area contributed by atoms with E-state index in [9.17, 15) is 9.59 Å². The van der Waals surface area contributed by atoms with E-state index < -0.39 is 0 Å². The van der Waals surface area contributed by atoms with Crippen LogP contribution < -0.4 is 5.32 Å². The van der Waals surface area contributed by atoms with E-state index in [4.69, 9.17) is 0 Å². The Hall–Kier alpha value is -1.74. The lowest BCUT2D eigenvalue weighted by atomic mass is 9.72. The molecule has 1 aromatic heterocycles. The number of rotatable bonds is 3. The first-order valence-corrected chi connectivity index (χ1v) is 11.2. The highest BCUT2D eigenvalue weighted by Gasteiger charge is 2.56. The molecule has 2 spiro atoms. The van der Waals surface area contributed by atoms with Crippen molar-refractivity contribution in [2.45, 2.75) is 50.1 Å². The van der Waals surface area contributed by atoms with Crippen molar-refractivity contribution in [1.29, 1.82) is 0 Å². The molecular weight excluding hydrogens is 376 g/mol. The minimum atomic E-state index is -0.122. The molecule has 1 aliphatic carbocycles. The average molecular weight is 403 g/mol. The molecule has 4 saturated heterocycles. The summed E-state index contributed by atoms with van der Waals surface area (Å²) in [5, 5.41) is 7.43. The predicted molar refractivity (Wildman–Crippen MR) is 103 cm³/mol. The number of nitrogens with one attached hydrogen (secondary N) is 1. The van der Waals surface area contributed by atoms with Gasteiger partial charge in [0.2, 0.25) is 5.91 Å². The van der Waals surface area contributed by atoms with Gasteiger partial charge in [-0.05, 0) is 30.8 Å². The molecule has 1 N–H and O–H groups in total. The summed E-state index contributed by atoms with van der Waals surface area (Å²) in [4.78, 5) is 31.8. The Morgan fingerprint density at radius 3 is 2.54 bits per heavy atom. The third kappa shape index (κ3) is 2.58. The molecule has 5 aliphatic rings. The molecule has 0 aromatic carbocycles. The molecule has 0 unspecified atom stereocenters. The maximum atomic E-state index is 12.7. The lowest BCUT2D eigenvalue weighted by Crippen LogP contribution is -2.76. The van der Waals surface area contributed by atoms with Gasteiger partial charge in [-0.15, -0.1) is 5.10 Å². The molecule has 0 radical (unpaired) electrons. The molecule has 5 heterocycles. The van der Waals surface area contributed by atoms with Gasteiger partial charge >= 0.3 is 6.03 Å². The van der Waals surface area contributed by atoms with Crippen molar-refractivity contribution in [2.24, 2.45) is 5.41 Å². The monoisotopic (exact) mass is 402 g/mol. The second-order valence-electron chi connectivity index (χ2n) is 9.68. The van der Waals surface area contributed by atoms with Gasteiger partial charge in [-0.2, -0.15) is 0 Å². The van der Waals surface area contributed by atoms with Crippen molar-refractivity contribution in [2.75, 3.05) is 39.3 Å². The lowest BCUT2D eigenvalue weighted by molar-refractivity contribution is -0.121. The molecule has 150 valence electrons. The highest BCUT2D eigenvalue weighted by molar-refractivity contribution is 7.05. The zero-order chi connectivity index (χ0) is 18.9. The number of likely N-dealkylation sites (tertiary alicyclic amines) is 3. The molecule has 4 aliphatic heterocycles. The van der Waals surface area contributed by atoms with Crippen LogP contribution in [-0.4, -0.2) is 81.0 Å². The van der Waals surface area contributed by atoms with Gasteiger partial charge in [0.05, 0.1) is 16.1 Å². The van der Waals surface area contributed by atoms with E-state index in [0.717, 1.165) is 39.1 Å². The van der Waals surface area contributed by atoms with E-state index in [-0.39, 0.29) is 17.5 Å². The Morgan fingerprint density at radius 2 is 1.89 bits per heavy atom. The van der Waals surface area contributed by atoms with Gasteiger partial charge in [0, 0.05) is 63.6 Å². The van der Waals surface area contributed by atoms with Crippen LogP contribution in [0, 0.1) is 5.41 Å². The zero-order valence-electron chi connectivity index (χ0n) is 16.0. The van der Waals surface area contributed by atoms with E-state index in [0.29, 0.717) is 30.8 Å². The third-order valence-corrected chi connectivity index (χ3v) is 8.10. The summed E-state index contributed by atoms with van der Waals surface area (Å²) in [5.41, 5.74) is 1.42. The summed E-state index contributed by atoms with van der Waals surface area (Å²) in [5.74, 6) is 0.770. The fraction of sp³-hybridized carbons (Fsp3) is 0.789. The molecular formula is C19H26N6O2S. The van der Waals surface area contributed by atoms with Crippen LogP contribution >= 0.6 is 11.5 Å². The normalized spacial score (nSPS) is 27.9. The van der Waals surface area contributed by atoms with Crippen molar-refractivity contribution in [3.05, 3.63) is 10.6 Å². The SMILES string of the molecule is O=C1CCC2(CN(C(=O)N3CC4(CN(Cc5snnc5C5CCC5)C4)C3)C2)N1. The smallest absolute Gasteiger partial charge is 0.320 e. The number of carbonyl (C=O) groups excluding carboxylic acids is 2. The van der Waals surface area contributed by atoms with Gasteiger partial charge in [0.15, 0.2) is 0 Å². The first-order chi connectivity index (χ1) is 13.5. The number of nitrogens with zero attached hydrogens (tertiary/aromatic N) is 5. The highest BCUT2D eigenvalue weighted by atomic mass is 32.1. The molecule has 9 heteroatoms. The first-order valence-electron chi connectivity index (χ1n) is 10.4. The van der Waals surface area contributed by atoms with Gasteiger partial charge in [0.1, 0.15) is 0 Å². The standard InChI is InChI=1S/C19H26N6O2S/c26-15-4-5-19(20-15)11-25(12-19)17(27)24-9-18(10-24)7-23(8-18)6-14-16(21-22-28-14)13-2-1-3-13/h13H,1-12H2,(H,20,26). The van der Waals surface area contributed by atoms with Crippen LogP contribution in [0.5, 0.6) is 0 Å². The Balaban J connectivity index is 0.975. The molecule has 5 fully saturated rings. The summed E-state index contributed by atoms with van der Waals surface area (Å²) in [6.07, 6.45) is 5.32. The average Bonchev–Trinajstić information content (AvgIpc) is 3.12. The molecule has 3 amide bonds. The van der Waals surface area contributed by atoms with Crippen LogP contribution in [0.3, 0.4) is 0 Å². The van der Waals surface area contributed by atoms with Crippen molar-refractivity contribution in [3.8, 4) is 0 Å². The lowest BCUT2D eigenvalue weighted by Gasteiger charge is -2.61. The molecule has 1 aromatic rings. The fourth-order valence-electron chi connectivity index (χ4n) is 5.66. The van der Waals surface area contributed by atoms with Crippen molar-refractivity contribution >= 4 is 23.5 Å². The van der Waals surface area contributed by atoms with Gasteiger partial charge in [0.25, 0.3) is 0 Å². The fourth-order valence-corrected chi connectivity index (χ4v) is 6.43. The maximum absolute atomic E-state index is 12.7. The topological polar surface area (TPSA) is 81.7 Å². The van der Waals surface area contributed by atoms with E-state index in [1.165, 1.54) is 29.8 Å². The zero-order valence-corrected chi connectivity index (χ0v) is 16.8. The number of hydrogen-bond donors (Lipinski definition) is 1. The summed E-state index contributed by atoms with van der Waals surface area (Å²) in [6.45, 7) is 6.19. The molecule has 8 nitrogen and oxygen atoms in total. The Kier molecular flexibility index (Phi) is 3.60. The molecule has 0 bridgehead atoms. The van der Waals surface area contributed by atoms with Crippen LogP contribution in [-0.2, 0) is 11.3 Å². The van der Waals surface area contributed by atoms with Crippen molar-refractivity contribution in [3.63, 3.8) is 0 Å². The van der Waals surface area contributed by atoms with Gasteiger partial charge in [-0.1, -0.05) is 10.9 Å². The molecule has 1 saturated carbocycles. The van der Waals surface area contributed by atoms with E-state index in [2.05, 4.69) is 19.8 Å². The number of carbonyl (C=O) groups is 2. The van der Waals surface area contributed by atoms with Crippen LogP contribution in [0.4, 0.5) is 4.79 Å². The summed E-state index contributed by atoms with van der Waals surface area (Å²) in [6, 6.07) is 0.148. The van der Waals surface area contributed by atoms with Crippen LogP contribution in [0.15, 0.2) is 0 Å². The summed E-state index contributed by atoms with van der Waals surface area (Å²) in [7, 11) is 0. The van der Waals surface area contributed by atoms with Crippen LogP contribution in [0.2, 0.25) is 0 Å². The second kappa shape index (κ2) is 5.89. The minimum Gasteiger partial charge on any atom is -0.347 e.